The molecule has 1 N–H and O–H groups in total. The number of aromatic nitrogens is 1. The number of benzene rings is 2. The summed E-state index contributed by atoms with van der Waals surface area (Å²) >= 11 is 0. The van der Waals surface area contributed by atoms with Crippen LogP contribution in [0.25, 0.3) is 10.9 Å². The monoisotopic (exact) mass is 405 g/mol. The van der Waals surface area contributed by atoms with Gasteiger partial charge in [-0.3, -0.25) is 0 Å². The molecule has 0 saturated carbocycles. The summed E-state index contributed by atoms with van der Waals surface area (Å²) in [4.78, 5) is 1.73. The summed E-state index contributed by atoms with van der Waals surface area (Å²) in [6, 6.07) is 11.2. The number of aryl methyl sites for hydroxylation is 1. The lowest BCUT2D eigenvalue weighted by atomic mass is 10.1. The molecule has 8 heteroatoms. The number of hydrogen-bond acceptors (Lipinski definition) is 4. The number of para-hydroxylation sites is 1. The van der Waals surface area contributed by atoms with Crippen molar-refractivity contribution in [2.45, 2.75) is 10.9 Å². The molecule has 3 aromatic rings. The van der Waals surface area contributed by atoms with Crippen molar-refractivity contribution in [3.8, 4) is 5.75 Å². The van der Waals surface area contributed by atoms with E-state index >= 15 is 0 Å². The van der Waals surface area contributed by atoms with Crippen LogP contribution >= 0.6 is 0 Å². The Kier molecular flexibility index (Phi) is 5.74. The summed E-state index contributed by atoms with van der Waals surface area (Å²) in [5.41, 5.74) is 2.08. The van der Waals surface area contributed by atoms with Crippen LogP contribution < -0.4 is 9.46 Å². The van der Waals surface area contributed by atoms with Crippen molar-refractivity contribution in [3.05, 3.63) is 60.0 Å². The van der Waals surface area contributed by atoms with E-state index in [9.17, 15) is 12.8 Å². The Balaban J connectivity index is 1.93. The largest absolute Gasteiger partial charge is 0.495 e. The number of nitrogens with zero attached hydrogens (tertiary/aromatic N) is 2. The van der Waals surface area contributed by atoms with E-state index < -0.39 is 15.8 Å². The predicted octanol–water partition coefficient (Wildman–Crippen LogP) is 2.91. The number of hydrogen-bond donors (Lipinski definition) is 1. The van der Waals surface area contributed by atoms with Crippen molar-refractivity contribution in [2.24, 2.45) is 7.05 Å². The van der Waals surface area contributed by atoms with Gasteiger partial charge in [0.25, 0.3) is 0 Å². The smallest absolute Gasteiger partial charge is 0.244 e. The molecule has 1 atom stereocenters. The number of likely N-dealkylation sites (N-methyl/N-ethyl adjacent to an activating group) is 1. The van der Waals surface area contributed by atoms with Crippen LogP contribution in [0, 0.1) is 5.82 Å². The third-order valence-corrected chi connectivity index (χ3v) is 6.24. The molecule has 150 valence electrons. The Morgan fingerprint density at radius 2 is 1.93 bits per heavy atom. The van der Waals surface area contributed by atoms with Gasteiger partial charge >= 0.3 is 0 Å². The van der Waals surface area contributed by atoms with Crippen molar-refractivity contribution in [2.75, 3.05) is 27.7 Å². The van der Waals surface area contributed by atoms with Gasteiger partial charge in [0.15, 0.2) is 0 Å². The van der Waals surface area contributed by atoms with Crippen molar-refractivity contribution < 1.29 is 17.5 Å². The minimum atomic E-state index is -3.96. The van der Waals surface area contributed by atoms with Crippen LogP contribution in [0.15, 0.2) is 53.6 Å². The first-order valence-corrected chi connectivity index (χ1v) is 10.3. The van der Waals surface area contributed by atoms with Gasteiger partial charge in [-0.2, -0.15) is 0 Å². The fourth-order valence-electron chi connectivity index (χ4n) is 3.34. The number of methoxy groups -OCH3 is 1. The third kappa shape index (κ3) is 3.89. The second kappa shape index (κ2) is 7.90. The maximum Gasteiger partial charge on any atom is 0.244 e. The number of fused-ring (bicyclic) bond motifs is 1. The summed E-state index contributed by atoms with van der Waals surface area (Å²) in [5, 5.41) is 1.06. The zero-order chi connectivity index (χ0) is 20.5. The lowest BCUT2D eigenvalue weighted by Gasteiger charge is -2.24. The molecule has 0 fully saturated rings. The average Bonchev–Trinajstić information content (AvgIpc) is 2.98. The standard InChI is InChI=1S/C20H24FN3O3S/c1-23(2)18(16-13-24(3)17-8-6-5-7-15(16)17)12-22-28(25,26)20-11-14(21)9-10-19(20)27-4/h5-11,13,18,22H,12H2,1-4H3. The quantitative estimate of drug-likeness (QED) is 0.657. The first-order valence-electron chi connectivity index (χ1n) is 8.78. The lowest BCUT2D eigenvalue weighted by Crippen LogP contribution is -2.34. The number of nitrogens with one attached hydrogen (secondary N) is 1. The van der Waals surface area contributed by atoms with Gasteiger partial charge < -0.3 is 14.2 Å². The van der Waals surface area contributed by atoms with Gasteiger partial charge in [-0.15, -0.1) is 0 Å². The molecule has 0 aliphatic heterocycles. The molecule has 0 aliphatic carbocycles. The van der Waals surface area contributed by atoms with Crippen LogP contribution in [-0.4, -0.2) is 45.6 Å². The molecule has 1 heterocycles. The summed E-state index contributed by atoms with van der Waals surface area (Å²) in [7, 11) is 3.14. The van der Waals surface area contributed by atoms with Crippen LogP contribution in [0.5, 0.6) is 5.75 Å². The summed E-state index contributed by atoms with van der Waals surface area (Å²) in [6.45, 7) is 0.128. The highest BCUT2D eigenvalue weighted by molar-refractivity contribution is 7.89. The van der Waals surface area contributed by atoms with E-state index in [1.54, 1.807) is 0 Å². The topological polar surface area (TPSA) is 63.6 Å². The fraction of sp³-hybridized carbons (Fsp3) is 0.300. The molecule has 2 aromatic carbocycles. The van der Waals surface area contributed by atoms with Gasteiger partial charge in [-0.05, 0) is 43.9 Å². The maximum atomic E-state index is 13.6. The van der Waals surface area contributed by atoms with Crippen molar-refractivity contribution in [1.82, 2.24) is 14.2 Å². The second-order valence-corrected chi connectivity index (χ2v) is 8.57. The van der Waals surface area contributed by atoms with E-state index in [0.29, 0.717) is 0 Å². The molecule has 28 heavy (non-hydrogen) atoms. The van der Waals surface area contributed by atoms with E-state index in [0.717, 1.165) is 28.6 Å². The predicted molar refractivity (Wildman–Crippen MR) is 107 cm³/mol. The normalized spacial score (nSPS) is 13.2. The van der Waals surface area contributed by atoms with E-state index in [-0.39, 0.29) is 23.2 Å². The van der Waals surface area contributed by atoms with Gasteiger partial charge in [0, 0.05) is 36.7 Å². The van der Waals surface area contributed by atoms with E-state index in [4.69, 9.17) is 4.74 Å². The molecular formula is C20H24FN3O3S. The first-order chi connectivity index (χ1) is 13.2. The molecule has 0 spiro atoms. The molecule has 0 amide bonds. The van der Waals surface area contributed by atoms with Crippen LogP contribution in [-0.2, 0) is 17.1 Å². The Bertz CT molecular complexity index is 1090. The number of sulfonamides is 1. The summed E-state index contributed by atoms with van der Waals surface area (Å²) in [5.74, 6) is -0.542. The van der Waals surface area contributed by atoms with Gasteiger partial charge in [0.2, 0.25) is 10.0 Å². The molecule has 3 rings (SSSR count). The molecule has 0 radical (unpaired) electrons. The van der Waals surface area contributed by atoms with Crippen molar-refractivity contribution >= 4 is 20.9 Å². The number of halogens is 1. The zero-order valence-corrected chi connectivity index (χ0v) is 17.1. The van der Waals surface area contributed by atoms with E-state index in [1.165, 1.54) is 13.2 Å². The molecule has 0 saturated heterocycles. The zero-order valence-electron chi connectivity index (χ0n) is 16.3. The minimum Gasteiger partial charge on any atom is -0.495 e. The Morgan fingerprint density at radius 1 is 1.21 bits per heavy atom. The summed E-state index contributed by atoms with van der Waals surface area (Å²) in [6.07, 6.45) is 2.01. The third-order valence-electron chi connectivity index (χ3n) is 4.79. The molecule has 6 nitrogen and oxygen atoms in total. The van der Waals surface area contributed by atoms with Crippen LogP contribution in [0.3, 0.4) is 0 Å². The maximum absolute atomic E-state index is 13.6. The second-order valence-electron chi connectivity index (χ2n) is 6.84. The van der Waals surface area contributed by atoms with Gasteiger partial charge in [0.05, 0.1) is 7.11 Å². The van der Waals surface area contributed by atoms with Gasteiger partial charge in [-0.25, -0.2) is 17.5 Å². The SMILES string of the molecule is COc1ccc(F)cc1S(=O)(=O)NCC(c1cn(C)c2ccccc12)N(C)C. The van der Waals surface area contributed by atoms with Crippen molar-refractivity contribution in [3.63, 3.8) is 0 Å². The number of rotatable bonds is 7. The first kappa shape index (κ1) is 20.3. The van der Waals surface area contributed by atoms with E-state index in [2.05, 4.69) is 4.72 Å². The minimum absolute atomic E-state index is 0.0977. The molecule has 1 aromatic heterocycles. The Hall–Kier alpha value is -2.42. The molecule has 0 bridgehead atoms. The molecule has 0 aliphatic rings. The fourth-order valence-corrected chi connectivity index (χ4v) is 4.55. The summed E-state index contributed by atoms with van der Waals surface area (Å²) < 4.78 is 49.0. The Morgan fingerprint density at radius 3 is 2.61 bits per heavy atom. The van der Waals surface area contributed by atoms with Crippen LogP contribution in [0.1, 0.15) is 11.6 Å². The average molecular weight is 405 g/mol. The lowest BCUT2D eigenvalue weighted by molar-refractivity contribution is 0.300. The highest BCUT2D eigenvalue weighted by Crippen LogP contribution is 2.29. The molecule has 1 unspecified atom stereocenters. The highest BCUT2D eigenvalue weighted by Gasteiger charge is 2.25. The van der Waals surface area contributed by atoms with Crippen LogP contribution in [0.4, 0.5) is 4.39 Å². The van der Waals surface area contributed by atoms with E-state index in [1.807, 2.05) is 61.1 Å². The van der Waals surface area contributed by atoms with Crippen LogP contribution in [0.2, 0.25) is 0 Å². The van der Waals surface area contributed by atoms with Gasteiger partial charge in [-0.1, -0.05) is 18.2 Å². The van der Waals surface area contributed by atoms with Gasteiger partial charge in [0.1, 0.15) is 16.5 Å². The molecular weight excluding hydrogens is 381 g/mol. The highest BCUT2D eigenvalue weighted by atomic mass is 32.2. The van der Waals surface area contributed by atoms with Crippen molar-refractivity contribution in [1.29, 1.82) is 0 Å². The number of ether oxygens (including phenoxy) is 1. The Labute approximate surface area is 164 Å².